The van der Waals surface area contributed by atoms with Crippen LogP contribution in [-0.2, 0) is 0 Å². The molecular weight excluding hydrogens is 132 g/mol. The molecule has 11 heavy (non-hydrogen) atoms. The smallest absolute Gasteiger partial charge is 0.0286 e. The van der Waals surface area contributed by atoms with Crippen LogP contribution in [0.5, 0.6) is 0 Å². The molecule has 0 bridgehead atoms. The van der Waals surface area contributed by atoms with Crippen LogP contribution in [0.4, 0.5) is 0 Å². The Morgan fingerprint density at radius 3 is 2.36 bits per heavy atom. The summed E-state index contributed by atoms with van der Waals surface area (Å²) in [5.41, 5.74) is 2.67. The van der Waals surface area contributed by atoms with Crippen molar-refractivity contribution in [2.75, 3.05) is 0 Å². The Bertz CT molecular complexity index is 145. The van der Waals surface area contributed by atoms with Gasteiger partial charge in [-0.05, 0) is 40.0 Å². The van der Waals surface area contributed by atoms with Gasteiger partial charge in [-0.3, -0.25) is 0 Å². The van der Waals surface area contributed by atoms with Crippen LogP contribution in [0.2, 0.25) is 0 Å². The average molecular weight is 151 g/mol. The number of rotatable bonds is 4. The normalized spacial score (nSPS) is 13.8. The van der Waals surface area contributed by atoms with Crippen LogP contribution in [-0.4, -0.2) is 0 Å². The summed E-state index contributed by atoms with van der Waals surface area (Å²) in [5, 5.41) is 0. The molecule has 0 rings (SSSR count). The Labute approximate surface area is 71.0 Å². The lowest BCUT2D eigenvalue weighted by Gasteiger charge is -1.96. The maximum Gasteiger partial charge on any atom is -0.0286 e. The van der Waals surface area contributed by atoms with Crippen molar-refractivity contribution in [1.82, 2.24) is 0 Å². The molecule has 0 saturated heterocycles. The zero-order valence-corrected chi connectivity index (χ0v) is 7.98. The fraction of sp³-hybridized carbons (Fsp3) is 0.545. The maximum atomic E-state index is 3.82. The van der Waals surface area contributed by atoms with Gasteiger partial charge >= 0.3 is 0 Å². The van der Waals surface area contributed by atoms with E-state index in [0.717, 1.165) is 12.8 Å². The third kappa shape index (κ3) is 7.38. The third-order valence-electron chi connectivity index (χ3n) is 1.58. The van der Waals surface area contributed by atoms with Gasteiger partial charge in [0.25, 0.3) is 0 Å². The van der Waals surface area contributed by atoms with E-state index in [9.17, 15) is 0 Å². The van der Waals surface area contributed by atoms with E-state index in [1.54, 1.807) is 0 Å². The first-order valence-electron chi connectivity index (χ1n) is 4.31. The zero-order valence-electron chi connectivity index (χ0n) is 7.98. The third-order valence-corrected chi connectivity index (χ3v) is 1.58. The minimum atomic E-state index is 1.14. The van der Waals surface area contributed by atoms with E-state index in [0.29, 0.717) is 0 Å². The van der Waals surface area contributed by atoms with Crippen molar-refractivity contribution in [2.24, 2.45) is 0 Å². The predicted molar refractivity (Wildman–Crippen MR) is 52.4 cm³/mol. The Morgan fingerprint density at radius 2 is 1.91 bits per heavy atom. The van der Waals surface area contributed by atoms with E-state index in [1.165, 1.54) is 17.6 Å². The molecule has 0 spiro atoms. The Hall–Kier alpha value is -0.520. The van der Waals surface area contributed by atoms with Crippen LogP contribution in [0.15, 0.2) is 23.3 Å². The van der Waals surface area contributed by atoms with Crippen LogP contribution < -0.4 is 0 Å². The van der Waals surface area contributed by atoms with Crippen molar-refractivity contribution in [1.29, 1.82) is 0 Å². The first-order valence-corrected chi connectivity index (χ1v) is 4.31. The van der Waals surface area contributed by atoms with Crippen molar-refractivity contribution in [3.63, 3.8) is 0 Å². The number of hydrogen-bond donors (Lipinski definition) is 0. The lowest BCUT2D eigenvalue weighted by atomic mass is 10.1. The number of hydrogen-bond acceptors (Lipinski definition) is 0. The first kappa shape index (κ1) is 10.5. The van der Waals surface area contributed by atoms with Gasteiger partial charge in [0.05, 0.1) is 0 Å². The maximum absolute atomic E-state index is 3.82. The first-order chi connectivity index (χ1) is 5.16. The summed E-state index contributed by atoms with van der Waals surface area (Å²) in [6.45, 7) is 10.2. The highest BCUT2D eigenvalue weighted by atomic mass is 13.9. The minimum Gasteiger partial charge on any atom is -0.0859 e. The molecule has 0 nitrogen and oxygen atoms in total. The fourth-order valence-electron chi connectivity index (χ4n) is 0.997. The summed E-state index contributed by atoms with van der Waals surface area (Å²) in [4.78, 5) is 0. The van der Waals surface area contributed by atoms with Gasteiger partial charge in [0.1, 0.15) is 0 Å². The molecule has 1 radical (unpaired) electrons. The number of allylic oxidation sites excluding steroid dienone is 4. The average Bonchev–Trinajstić information content (AvgIpc) is 1.87. The van der Waals surface area contributed by atoms with Gasteiger partial charge in [0, 0.05) is 0 Å². The molecular formula is C11H19. The van der Waals surface area contributed by atoms with E-state index in [-0.39, 0.29) is 0 Å². The lowest BCUT2D eigenvalue weighted by molar-refractivity contribution is 0.955. The summed E-state index contributed by atoms with van der Waals surface area (Å²) >= 11 is 0. The molecule has 0 aliphatic heterocycles. The molecule has 0 atom stereocenters. The van der Waals surface area contributed by atoms with Gasteiger partial charge < -0.3 is 0 Å². The minimum absolute atomic E-state index is 1.14. The molecule has 0 N–H and O–H groups in total. The van der Waals surface area contributed by atoms with Gasteiger partial charge in [0.2, 0.25) is 0 Å². The quantitative estimate of drug-likeness (QED) is 0.534. The van der Waals surface area contributed by atoms with Gasteiger partial charge in [-0.15, -0.1) is 0 Å². The van der Waals surface area contributed by atoms with Gasteiger partial charge in [-0.25, -0.2) is 0 Å². The molecule has 0 amide bonds. The molecule has 63 valence electrons. The van der Waals surface area contributed by atoms with Crippen molar-refractivity contribution >= 4 is 0 Å². The summed E-state index contributed by atoms with van der Waals surface area (Å²) in [6.07, 6.45) is 7.94. The molecule has 0 aromatic heterocycles. The van der Waals surface area contributed by atoms with E-state index < -0.39 is 0 Å². The highest BCUT2D eigenvalue weighted by Gasteiger charge is 1.86. The van der Waals surface area contributed by atoms with Gasteiger partial charge in [-0.1, -0.05) is 30.2 Å². The van der Waals surface area contributed by atoms with Gasteiger partial charge in [0.15, 0.2) is 0 Å². The molecule has 0 heteroatoms. The topological polar surface area (TPSA) is 0 Å². The van der Waals surface area contributed by atoms with Crippen LogP contribution in [0.3, 0.4) is 0 Å². The molecule has 0 unspecified atom stereocenters. The largest absolute Gasteiger partial charge is 0.0859 e. The van der Waals surface area contributed by atoms with E-state index in [1.807, 2.05) is 6.92 Å². The summed E-state index contributed by atoms with van der Waals surface area (Å²) in [6, 6.07) is 0. The second-order valence-electron chi connectivity index (χ2n) is 3.05. The molecule has 0 aliphatic rings. The summed E-state index contributed by atoms with van der Waals surface area (Å²) in [7, 11) is 0. The Morgan fingerprint density at radius 1 is 1.27 bits per heavy atom. The highest BCUT2D eigenvalue weighted by Crippen LogP contribution is 2.06. The van der Waals surface area contributed by atoms with Crippen LogP contribution in [0, 0.1) is 6.92 Å². The summed E-state index contributed by atoms with van der Waals surface area (Å²) in [5.74, 6) is 0. The molecule has 0 heterocycles. The van der Waals surface area contributed by atoms with Gasteiger partial charge in [-0.2, -0.15) is 0 Å². The zero-order chi connectivity index (χ0) is 8.69. The Balaban J connectivity index is 3.54. The van der Waals surface area contributed by atoms with Crippen molar-refractivity contribution < 1.29 is 0 Å². The second-order valence-corrected chi connectivity index (χ2v) is 3.05. The fourth-order valence-corrected chi connectivity index (χ4v) is 0.997. The second kappa shape index (κ2) is 6.21. The molecule has 0 aliphatic carbocycles. The van der Waals surface area contributed by atoms with Crippen LogP contribution >= 0.6 is 0 Å². The SMILES string of the molecule is [CH2]C(C)=CCC/C(C)=C\CC. The lowest BCUT2D eigenvalue weighted by Crippen LogP contribution is -1.76. The Kier molecular flexibility index (Phi) is 5.91. The van der Waals surface area contributed by atoms with Crippen LogP contribution in [0.1, 0.15) is 40.0 Å². The highest BCUT2D eigenvalue weighted by molar-refractivity contribution is 5.04. The van der Waals surface area contributed by atoms with Crippen LogP contribution in [0.25, 0.3) is 0 Å². The van der Waals surface area contributed by atoms with Crippen molar-refractivity contribution in [3.8, 4) is 0 Å². The summed E-state index contributed by atoms with van der Waals surface area (Å²) < 4.78 is 0. The van der Waals surface area contributed by atoms with Crippen molar-refractivity contribution in [3.05, 3.63) is 30.2 Å². The molecule has 0 fully saturated rings. The van der Waals surface area contributed by atoms with Crippen molar-refractivity contribution in [2.45, 2.75) is 40.0 Å². The van der Waals surface area contributed by atoms with E-state index in [4.69, 9.17) is 0 Å². The molecule has 0 saturated carbocycles. The molecule has 0 aromatic carbocycles. The predicted octanol–water partition coefficient (Wildman–Crippen LogP) is 3.90. The molecule has 0 aromatic rings. The monoisotopic (exact) mass is 151 g/mol. The standard InChI is InChI=1S/C11H19/c1-5-7-11(4)9-6-8-10(2)3/h7-8H,2,5-6,9H2,1,3-4H3/b10-8?,11-7-. The van der Waals surface area contributed by atoms with E-state index in [2.05, 4.69) is 32.9 Å². The van der Waals surface area contributed by atoms with E-state index >= 15 is 0 Å².